The fraction of sp³-hybridized carbons (Fsp3) is 0.500. The van der Waals surface area contributed by atoms with Crippen molar-refractivity contribution in [2.75, 3.05) is 23.0 Å². The Morgan fingerprint density at radius 1 is 1.36 bits per heavy atom. The number of carboxylic acid groups (broad SMARTS) is 1. The zero-order valence-electron chi connectivity index (χ0n) is 14.2. The number of nitrogens with zero attached hydrogens (tertiary/aromatic N) is 1. The quantitative estimate of drug-likeness (QED) is 0.832. The first-order valence-corrected chi connectivity index (χ1v) is 9.63. The largest absolute Gasteiger partial charge is 0.479 e. The summed E-state index contributed by atoms with van der Waals surface area (Å²) < 4.78 is 0. The number of rotatable bonds is 5. The van der Waals surface area contributed by atoms with Crippen LogP contribution in [0.4, 0.5) is 5.69 Å². The third kappa shape index (κ3) is 3.51. The molecule has 2 fully saturated rings. The highest BCUT2D eigenvalue weighted by Gasteiger charge is 2.45. The van der Waals surface area contributed by atoms with Gasteiger partial charge in [0.25, 0.3) is 0 Å². The Balaban J connectivity index is 1.69. The van der Waals surface area contributed by atoms with E-state index in [4.69, 9.17) is 0 Å². The molecule has 25 heavy (non-hydrogen) atoms. The third-order valence-electron chi connectivity index (χ3n) is 4.95. The molecule has 2 N–H and O–H groups in total. The van der Waals surface area contributed by atoms with Crippen molar-refractivity contribution in [2.24, 2.45) is 5.92 Å². The lowest BCUT2D eigenvalue weighted by Gasteiger charge is -2.26. The summed E-state index contributed by atoms with van der Waals surface area (Å²) in [6.07, 6.45) is 1.46. The molecule has 2 saturated heterocycles. The van der Waals surface area contributed by atoms with E-state index in [0.29, 0.717) is 24.5 Å². The molecule has 2 amide bonds. The van der Waals surface area contributed by atoms with Crippen molar-refractivity contribution in [3.8, 4) is 0 Å². The van der Waals surface area contributed by atoms with Gasteiger partial charge in [-0.1, -0.05) is 19.1 Å². The van der Waals surface area contributed by atoms with Gasteiger partial charge in [0, 0.05) is 24.4 Å². The first-order chi connectivity index (χ1) is 11.9. The van der Waals surface area contributed by atoms with Crippen LogP contribution < -0.4 is 10.2 Å². The molecule has 2 aliphatic rings. The van der Waals surface area contributed by atoms with Crippen molar-refractivity contribution in [3.63, 3.8) is 0 Å². The van der Waals surface area contributed by atoms with Crippen LogP contribution in [0.3, 0.4) is 0 Å². The predicted octanol–water partition coefficient (Wildman–Crippen LogP) is 1.68. The highest BCUT2D eigenvalue weighted by atomic mass is 32.2. The summed E-state index contributed by atoms with van der Waals surface area (Å²) in [6, 6.07) is 7.74. The number of thioether (sulfide) groups is 1. The first-order valence-electron chi connectivity index (χ1n) is 8.47. The van der Waals surface area contributed by atoms with Crippen molar-refractivity contribution in [3.05, 3.63) is 29.8 Å². The smallest absolute Gasteiger partial charge is 0.330 e. The van der Waals surface area contributed by atoms with E-state index in [9.17, 15) is 19.5 Å². The Hall–Kier alpha value is -2.02. The minimum atomic E-state index is -1.19. The monoisotopic (exact) mass is 362 g/mol. The van der Waals surface area contributed by atoms with Gasteiger partial charge in [-0.2, -0.15) is 11.8 Å². The fourth-order valence-electron chi connectivity index (χ4n) is 3.27. The Bertz CT molecular complexity index is 683. The Morgan fingerprint density at radius 2 is 2.08 bits per heavy atom. The van der Waals surface area contributed by atoms with Crippen LogP contribution in [-0.2, 0) is 20.8 Å². The van der Waals surface area contributed by atoms with Gasteiger partial charge in [-0.25, -0.2) is 4.79 Å². The highest BCUT2D eigenvalue weighted by Crippen LogP contribution is 2.30. The number of nitrogens with one attached hydrogen (secondary N) is 1. The zero-order valence-corrected chi connectivity index (χ0v) is 15.0. The molecule has 1 aromatic carbocycles. The van der Waals surface area contributed by atoms with E-state index < -0.39 is 17.4 Å². The molecular formula is C18H22N2O4S. The van der Waals surface area contributed by atoms with E-state index in [-0.39, 0.29) is 18.2 Å². The van der Waals surface area contributed by atoms with E-state index in [2.05, 4.69) is 12.2 Å². The molecule has 0 radical (unpaired) electrons. The van der Waals surface area contributed by atoms with E-state index >= 15 is 0 Å². The highest BCUT2D eigenvalue weighted by molar-refractivity contribution is 7.99. The standard InChI is InChI=1S/C18H22N2O4S/c1-2-12-3-5-14(6-4-12)20-10-13(9-15(20)21)16(22)19-18(17(23)24)7-8-25-11-18/h3-6,13H,2,7-11H2,1H3,(H,19,22)(H,23,24). The number of hydrogen-bond donors (Lipinski definition) is 2. The molecule has 134 valence electrons. The van der Waals surface area contributed by atoms with Gasteiger partial charge in [-0.3, -0.25) is 9.59 Å². The van der Waals surface area contributed by atoms with Gasteiger partial charge in [0.1, 0.15) is 5.54 Å². The SMILES string of the molecule is CCc1ccc(N2CC(C(=O)NC3(C(=O)O)CCSC3)CC2=O)cc1. The second-order valence-corrected chi connectivity index (χ2v) is 7.71. The molecule has 7 heteroatoms. The number of hydrogen-bond acceptors (Lipinski definition) is 4. The van der Waals surface area contributed by atoms with E-state index in [1.165, 1.54) is 17.3 Å². The third-order valence-corrected chi connectivity index (χ3v) is 6.14. The number of aliphatic carboxylic acids is 1. The Morgan fingerprint density at radius 3 is 2.64 bits per heavy atom. The second-order valence-electron chi connectivity index (χ2n) is 6.60. The van der Waals surface area contributed by atoms with Crippen LogP contribution in [0, 0.1) is 5.92 Å². The molecule has 6 nitrogen and oxygen atoms in total. The molecule has 0 bridgehead atoms. The summed E-state index contributed by atoms with van der Waals surface area (Å²) in [5.41, 5.74) is 0.773. The maximum absolute atomic E-state index is 12.6. The van der Waals surface area contributed by atoms with Gasteiger partial charge < -0.3 is 15.3 Å². The topological polar surface area (TPSA) is 86.7 Å². The minimum Gasteiger partial charge on any atom is -0.479 e. The number of benzene rings is 1. The van der Waals surface area contributed by atoms with Crippen LogP contribution in [0.2, 0.25) is 0 Å². The lowest BCUT2D eigenvalue weighted by molar-refractivity contribution is -0.147. The summed E-state index contributed by atoms with van der Waals surface area (Å²) in [5, 5.41) is 12.2. The molecule has 0 spiro atoms. The summed E-state index contributed by atoms with van der Waals surface area (Å²) in [6.45, 7) is 2.36. The summed E-state index contributed by atoms with van der Waals surface area (Å²) >= 11 is 1.52. The van der Waals surface area contributed by atoms with Gasteiger partial charge in [-0.15, -0.1) is 0 Å². The Labute approximate surface area is 151 Å². The van der Waals surface area contributed by atoms with Crippen molar-refractivity contribution in [1.82, 2.24) is 5.32 Å². The van der Waals surface area contributed by atoms with Crippen molar-refractivity contribution >= 4 is 35.2 Å². The maximum atomic E-state index is 12.6. The molecular weight excluding hydrogens is 340 g/mol. The minimum absolute atomic E-state index is 0.102. The maximum Gasteiger partial charge on any atom is 0.330 e. The number of amides is 2. The van der Waals surface area contributed by atoms with E-state index in [0.717, 1.165) is 12.1 Å². The Kier molecular flexibility index (Phi) is 5.03. The predicted molar refractivity (Wildman–Crippen MR) is 96.7 cm³/mol. The number of carboxylic acids is 1. The number of anilines is 1. The van der Waals surface area contributed by atoms with Crippen molar-refractivity contribution < 1.29 is 19.5 Å². The van der Waals surface area contributed by atoms with E-state index in [1.54, 1.807) is 4.90 Å². The molecule has 2 unspecified atom stereocenters. The molecule has 0 aliphatic carbocycles. The molecule has 2 aliphatic heterocycles. The van der Waals surface area contributed by atoms with Gasteiger partial charge >= 0.3 is 5.97 Å². The van der Waals surface area contributed by atoms with Crippen LogP contribution in [0.25, 0.3) is 0 Å². The zero-order chi connectivity index (χ0) is 18.0. The van der Waals surface area contributed by atoms with Crippen LogP contribution >= 0.6 is 11.8 Å². The van der Waals surface area contributed by atoms with Crippen molar-refractivity contribution in [2.45, 2.75) is 31.7 Å². The van der Waals surface area contributed by atoms with Gasteiger partial charge in [0.2, 0.25) is 11.8 Å². The molecule has 0 saturated carbocycles. The molecule has 2 atom stereocenters. The van der Waals surface area contributed by atoms with Crippen LogP contribution in [0.5, 0.6) is 0 Å². The van der Waals surface area contributed by atoms with Crippen molar-refractivity contribution in [1.29, 1.82) is 0 Å². The molecule has 2 heterocycles. The average Bonchev–Trinajstić information content (AvgIpc) is 3.22. The molecule has 1 aromatic rings. The van der Waals surface area contributed by atoms with Crippen LogP contribution in [-0.4, -0.2) is 46.5 Å². The van der Waals surface area contributed by atoms with Gasteiger partial charge in [0.05, 0.1) is 5.92 Å². The fourth-order valence-corrected chi connectivity index (χ4v) is 4.59. The summed E-state index contributed by atoms with van der Waals surface area (Å²) in [4.78, 5) is 38.1. The summed E-state index contributed by atoms with van der Waals surface area (Å²) in [5.74, 6) is -0.869. The summed E-state index contributed by atoms with van der Waals surface area (Å²) in [7, 11) is 0. The number of carbonyl (C=O) groups is 3. The van der Waals surface area contributed by atoms with Crippen LogP contribution in [0.15, 0.2) is 24.3 Å². The normalized spacial score (nSPS) is 26.0. The average molecular weight is 362 g/mol. The molecule has 3 rings (SSSR count). The van der Waals surface area contributed by atoms with Crippen LogP contribution in [0.1, 0.15) is 25.3 Å². The van der Waals surface area contributed by atoms with E-state index in [1.807, 2.05) is 24.3 Å². The lowest BCUT2D eigenvalue weighted by atomic mass is 9.97. The lowest BCUT2D eigenvalue weighted by Crippen LogP contribution is -2.56. The first kappa shape index (κ1) is 17.8. The van der Waals surface area contributed by atoms with Gasteiger partial charge in [-0.05, 0) is 36.3 Å². The second kappa shape index (κ2) is 7.07. The number of aryl methyl sites for hydroxylation is 1. The number of carbonyl (C=O) groups excluding carboxylic acids is 2. The van der Waals surface area contributed by atoms with Gasteiger partial charge in [0.15, 0.2) is 0 Å². The molecule has 0 aromatic heterocycles.